The van der Waals surface area contributed by atoms with Gasteiger partial charge in [0.2, 0.25) is 0 Å². The van der Waals surface area contributed by atoms with Crippen molar-refractivity contribution in [2.45, 2.75) is 32.8 Å². The zero-order valence-corrected chi connectivity index (χ0v) is 14.6. The van der Waals surface area contributed by atoms with Crippen molar-refractivity contribution in [2.75, 3.05) is 20.6 Å². The van der Waals surface area contributed by atoms with Crippen LogP contribution in [-0.2, 0) is 4.74 Å². The Morgan fingerprint density at radius 1 is 1.26 bits per heavy atom. The molecule has 1 aromatic carbocycles. The molecule has 0 heterocycles. The van der Waals surface area contributed by atoms with Crippen LogP contribution in [0.4, 0.5) is 4.79 Å². The van der Waals surface area contributed by atoms with Gasteiger partial charge in [-0.05, 0) is 44.9 Å². The van der Waals surface area contributed by atoms with Gasteiger partial charge in [0, 0.05) is 26.2 Å². The van der Waals surface area contributed by atoms with Gasteiger partial charge in [0.25, 0.3) is 5.91 Å². The maximum absolute atomic E-state index is 11.9. The van der Waals surface area contributed by atoms with Gasteiger partial charge in [0.1, 0.15) is 5.60 Å². The third kappa shape index (κ3) is 7.49. The van der Waals surface area contributed by atoms with E-state index in [0.717, 1.165) is 5.56 Å². The number of nitrogens with zero attached hydrogens (tertiary/aromatic N) is 1. The minimum atomic E-state index is -0.487. The van der Waals surface area contributed by atoms with E-state index in [9.17, 15) is 9.59 Å². The van der Waals surface area contributed by atoms with Crippen molar-refractivity contribution >= 4 is 18.1 Å². The maximum atomic E-state index is 11.9. The number of ether oxygens (including phenoxy) is 1. The zero-order valence-electron chi connectivity index (χ0n) is 14.6. The Morgan fingerprint density at radius 3 is 2.57 bits per heavy atom. The number of nitrogens with one attached hydrogen (secondary N) is 1. The van der Waals surface area contributed by atoms with E-state index in [0.29, 0.717) is 18.5 Å². The number of amides is 2. The molecule has 5 nitrogen and oxygen atoms in total. The van der Waals surface area contributed by atoms with Crippen LogP contribution < -0.4 is 5.32 Å². The van der Waals surface area contributed by atoms with E-state index < -0.39 is 11.7 Å². The van der Waals surface area contributed by atoms with Gasteiger partial charge >= 0.3 is 6.09 Å². The Bertz CT molecular complexity index is 572. The molecule has 126 valence electrons. The summed E-state index contributed by atoms with van der Waals surface area (Å²) in [4.78, 5) is 24.9. The predicted octanol–water partition coefficient (Wildman–Crippen LogP) is 3.32. The second kappa shape index (κ2) is 8.36. The first-order valence-corrected chi connectivity index (χ1v) is 7.64. The third-order valence-electron chi connectivity index (χ3n) is 2.83. The lowest BCUT2D eigenvalue weighted by Gasteiger charge is -2.19. The molecule has 0 unspecified atom stereocenters. The van der Waals surface area contributed by atoms with Gasteiger partial charge in [-0.15, -0.1) is 0 Å². The molecule has 0 bridgehead atoms. The highest BCUT2D eigenvalue weighted by atomic mass is 16.6. The van der Waals surface area contributed by atoms with Crippen LogP contribution in [0.3, 0.4) is 0 Å². The fraction of sp³-hybridized carbons (Fsp3) is 0.444. The number of rotatable bonds is 5. The molecule has 1 rings (SSSR count). The Morgan fingerprint density at radius 2 is 1.96 bits per heavy atom. The van der Waals surface area contributed by atoms with Gasteiger partial charge in [-0.2, -0.15) is 0 Å². The van der Waals surface area contributed by atoms with Gasteiger partial charge in [0.15, 0.2) is 0 Å². The van der Waals surface area contributed by atoms with Crippen LogP contribution in [0.5, 0.6) is 0 Å². The number of carbonyl (C=O) groups is 2. The second-order valence-corrected chi connectivity index (χ2v) is 6.44. The molecule has 0 radical (unpaired) electrons. The lowest BCUT2D eigenvalue weighted by atomic mass is 10.1. The lowest BCUT2D eigenvalue weighted by Crippen LogP contribution is -2.32. The summed E-state index contributed by atoms with van der Waals surface area (Å²) in [5.74, 6) is -0.0214. The van der Waals surface area contributed by atoms with Crippen LogP contribution in [0.15, 0.2) is 30.3 Å². The van der Waals surface area contributed by atoms with Crippen molar-refractivity contribution in [3.63, 3.8) is 0 Å². The minimum Gasteiger partial charge on any atom is -0.444 e. The summed E-state index contributed by atoms with van der Waals surface area (Å²) in [6.45, 7) is 5.99. The summed E-state index contributed by atoms with van der Waals surface area (Å²) in [5, 5.41) is 2.70. The molecular weight excluding hydrogens is 292 g/mol. The monoisotopic (exact) mass is 318 g/mol. The molecule has 0 saturated heterocycles. The van der Waals surface area contributed by atoms with Crippen molar-refractivity contribution < 1.29 is 14.3 Å². The molecule has 1 N–H and O–H groups in total. The molecule has 5 heteroatoms. The van der Waals surface area contributed by atoms with Crippen LogP contribution in [-0.4, -0.2) is 43.1 Å². The number of benzene rings is 1. The molecule has 1 aromatic rings. The van der Waals surface area contributed by atoms with E-state index in [4.69, 9.17) is 4.74 Å². The average Bonchev–Trinajstić information content (AvgIpc) is 2.44. The number of hydrogen-bond acceptors (Lipinski definition) is 3. The molecule has 23 heavy (non-hydrogen) atoms. The minimum absolute atomic E-state index is 0.0214. The van der Waals surface area contributed by atoms with E-state index in [1.54, 1.807) is 25.1 Å². The van der Waals surface area contributed by atoms with Crippen LogP contribution in [0.25, 0.3) is 6.08 Å². The van der Waals surface area contributed by atoms with E-state index in [-0.39, 0.29) is 5.91 Å². The molecule has 0 atom stereocenters. The van der Waals surface area contributed by atoms with Crippen molar-refractivity contribution in [1.82, 2.24) is 10.2 Å². The first-order valence-electron chi connectivity index (χ1n) is 7.64. The SMILES string of the molecule is CN(C)C(=O)c1cccc(C=CCCNC(=O)OC(C)(C)C)c1. The summed E-state index contributed by atoms with van der Waals surface area (Å²) >= 11 is 0. The Hall–Kier alpha value is -2.30. The Kier molecular flexibility index (Phi) is 6.82. The smallest absolute Gasteiger partial charge is 0.407 e. The number of carbonyl (C=O) groups excluding carboxylic acids is 2. The molecule has 0 spiro atoms. The molecule has 2 amide bonds. The van der Waals surface area contributed by atoms with Crippen molar-refractivity contribution in [1.29, 1.82) is 0 Å². The molecular formula is C18H26N2O3. The molecule has 0 aromatic heterocycles. The molecule has 0 aliphatic rings. The maximum Gasteiger partial charge on any atom is 0.407 e. The highest BCUT2D eigenvalue weighted by Gasteiger charge is 2.15. The van der Waals surface area contributed by atoms with Gasteiger partial charge in [-0.3, -0.25) is 4.79 Å². The first-order chi connectivity index (χ1) is 10.7. The van der Waals surface area contributed by atoms with Crippen molar-refractivity contribution in [2.24, 2.45) is 0 Å². The quantitative estimate of drug-likeness (QED) is 0.847. The fourth-order valence-corrected chi connectivity index (χ4v) is 1.82. The molecule has 0 fully saturated rings. The van der Waals surface area contributed by atoms with Crippen LogP contribution in [0.1, 0.15) is 43.1 Å². The van der Waals surface area contributed by atoms with Crippen molar-refractivity contribution in [3.8, 4) is 0 Å². The Balaban J connectivity index is 2.45. The summed E-state index contributed by atoms with van der Waals surface area (Å²) in [7, 11) is 3.46. The van der Waals surface area contributed by atoms with Gasteiger partial charge in [-0.1, -0.05) is 24.3 Å². The molecule has 0 saturated carbocycles. The summed E-state index contributed by atoms with van der Waals surface area (Å²) in [5.41, 5.74) is 1.12. The molecule has 0 aliphatic heterocycles. The first kappa shape index (κ1) is 18.7. The normalized spacial score (nSPS) is 11.3. The second-order valence-electron chi connectivity index (χ2n) is 6.44. The fourth-order valence-electron chi connectivity index (χ4n) is 1.82. The summed E-state index contributed by atoms with van der Waals surface area (Å²) in [6.07, 6.45) is 4.16. The zero-order chi connectivity index (χ0) is 17.5. The summed E-state index contributed by atoms with van der Waals surface area (Å²) in [6, 6.07) is 7.43. The molecule has 0 aliphatic carbocycles. The van der Waals surface area contributed by atoms with E-state index in [1.807, 2.05) is 51.1 Å². The lowest BCUT2D eigenvalue weighted by molar-refractivity contribution is 0.0528. The van der Waals surface area contributed by atoms with E-state index >= 15 is 0 Å². The highest BCUT2D eigenvalue weighted by Crippen LogP contribution is 2.09. The van der Waals surface area contributed by atoms with Crippen LogP contribution in [0.2, 0.25) is 0 Å². The number of alkyl carbamates (subject to hydrolysis) is 1. The van der Waals surface area contributed by atoms with Gasteiger partial charge in [-0.25, -0.2) is 4.79 Å². The highest BCUT2D eigenvalue weighted by molar-refractivity contribution is 5.94. The van der Waals surface area contributed by atoms with Gasteiger partial charge < -0.3 is 15.0 Å². The van der Waals surface area contributed by atoms with Crippen LogP contribution in [0, 0.1) is 0 Å². The van der Waals surface area contributed by atoms with Crippen molar-refractivity contribution in [3.05, 3.63) is 41.5 Å². The summed E-state index contributed by atoms with van der Waals surface area (Å²) < 4.78 is 5.15. The third-order valence-corrected chi connectivity index (χ3v) is 2.83. The largest absolute Gasteiger partial charge is 0.444 e. The van der Waals surface area contributed by atoms with Gasteiger partial charge in [0.05, 0.1) is 0 Å². The Labute approximate surface area is 138 Å². The van der Waals surface area contributed by atoms with E-state index in [1.165, 1.54) is 0 Å². The number of hydrogen-bond donors (Lipinski definition) is 1. The predicted molar refractivity (Wildman–Crippen MR) is 92.3 cm³/mol. The topological polar surface area (TPSA) is 58.6 Å². The standard InChI is InChI=1S/C18H26N2O3/c1-18(2,3)23-17(22)19-12-7-6-9-14-10-8-11-15(13-14)16(21)20(4)5/h6,8-11,13H,7,12H2,1-5H3,(H,19,22). The van der Waals surface area contributed by atoms with Crippen LogP contribution >= 0.6 is 0 Å². The average molecular weight is 318 g/mol. The van der Waals surface area contributed by atoms with E-state index in [2.05, 4.69) is 5.32 Å².